The van der Waals surface area contributed by atoms with Crippen LogP contribution in [0.3, 0.4) is 0 Å². The largest absolute Gasteiger partial charge is 0.317 e. The zero-order valence-corrected chi connectivity index (χ0v) is 11.4. The lowest BCUT2D eigenvalue weighted by Gasteiger charge is -2.28. The maximum atomic E-state index is 3.55. The van der Waals surface area contributed by atoms with Crippen molar-refractivity contribution in [3.63, 3.8) is 0 Å². The van der Waals surface area contributed by atoms with Crippen molar-refractivity contribution in [2.45, 2.75) is 44.6 Å². The van der Waals surface area contributed by atoms with E-state index >= 15 is 0 Å². The number of nitrogens with zero attached hydrogens (tertiary/aromatic N) is 1. The molecule has 1 saturated heterocycles. The van der Waals surface area contributed by atoms with Crippen molar-refractivity contribution in [2.75, 3.05) is 39.8 Å². The molecule has 17 heavy (non-hydrogen) atoms. The molecule has 0 bridgehead atoms. The van der Waals surface area contributed by atoms with Crippen molar-refractivity contribution >= 4 is 0 Å². The third-order valence-corrected chi connectivity index (χ3v) is 4.54. The summed E-state index contributed by atoms with van der Waals surface area (Å²) in [6.45, 7) is 6.14. The van der Waals surface area contributed by atoms with E-state index < -0.39 is 0 Å². The Hall–Kier alpha value is -0.120. The first-order chi connectivity index (χ1) is 8.40. The zero-order valence-electron chi connectivity index (χ0n) is 11.4. The molecule has 2 N–H and O–H groups in total. The minimum absolute atomic E-state index is 0.778. The summed E-state index contributed by atoms with van der Waals surface area (Å²) in [5.74, 6) is 0.961. The number of hydrogen-bond acceptors (Lipinski definition) is 3. The summed E-state index contributed by atoms with van der Waals surface area (Å²) < 4.78 is 0. The minimum Gasteiger partial charge on any atom is -0.317 e. The first-order valence-corrected chi connectivity index (χ1v) is 7.50. The molecule has 1 unspecified atom stereocenters. The summed E-state index contributed by atoms with van der Waals surface area (Å²) in [6.07, 6.45) is 8.56. The second-order valence-corrected chi connectivity index (χ2v) is 5.67. The molecular weight excluding hydrogens is 210 g/mol. The Balaban J connectivity index is 1.61. The Labute approximate surface area is 106 Å². The van der Waals surface area contributed by atoms with Gasteiger partial charge in [0, 0.05) is 32.2 Å². The Morgan fingerprint density at radius 3 is 2.59 bits per heavy atom. The van der Waals surface area contributed by atoms with Gasteiger partial charge in [-0.3, -0.25) is 0 Å². The van der Waals surface area contributed by atoms with E-state index in [1.54, 1.807) is 0 Å². The van der Waals surface area contributed by atoms with E-state index in [9.17, 15) is 0 Å². The summed E-state index contributed by atoms with van der Waals surface area (Å²) >= 11 is 0. The molecule has 2 aliphatic rings. The quantitative estimate of drug-likeness (QED) is 0.735. The zero-order chi connectivity index (χ0) is 11.9. The molecule has 0 aromatic heterocycles. The molecule has 0 amide bonds. The summed E-state index contributed by atoms with van der Waals surface area (Å²) in [4.78, 5) is 2.61. The molecule has 3 nitrogen and oxygen atoms in total. The Bertz CT molecular complexity index is 196. The SMILES string of the molecule is CNC(CCCN1CCNCC1)C1CCCC1. The molecule has 2 fully saturated rings. The van der Waals surface area contributed by atoms with E-state index in [1.807, 2.05) is 0 Å². The van der Waals surface area contributed by atoms with E-state index in [0.717, 1.165) is 12.0 Å². The van der Waals surface area contributed by atoms with E-state index in [2.05, 4.69) is 22.6 Å². The topological polar surface area (TPSA) is 27.3 Å². The van der Waals surface area contributed by atoms with Gasteiger partial charge in [-0.1, -0.05) is 12.8 Å². The Morgan fingerprint density at radius 2 is 1.94 bits per heavy atom. The highest BCUT2D eigenvalue weighted by Crippen LogP contribution is 2.29. The Kier molecular flexibility index (Phi) is 5.75. The van der Waals surface area contributed by atoms with Gasteiger partial charge < -0.3 is 15.5 Å². The van der Waals surface area contributed by atoms with Gasteiger partial charge in [-0.25, -0.2) is 0 Å². The van der Waals surface area contributed by atoms with Crippen LogP contribution in [-0.2, 0) is 0 Å². The van der Waals surface area contributed by atoms with Crippen molar-refractivity contribution in [1.82, 2.24) is 15.5 Å². The smallest absolute Gasteiger partial charge is 0.0107 e. The molecule has 0 aromatic carbocycles. The molecule has 0 spiro atoms. The van der Waals surface area contributed by atoms with Gasteiger partial charge in [-0.2, -0.15) is 0 Å². The molecule has 1 heterocycles. The summed E-state index contributed by atoms with van der Waals surface area (Å²) in [6, 6.07) is 0.778. The summed E-state index contributed by atoms with van der Waals surface area (Å²) in [5, 5.41) is 6.97. The van der Waals surface area contributed by atoms with Crippen molar-refractivity contribution in [1.29, 1.82) is 0 Å². The molecular formula is C14H29N3. The van der Waals surface area contributed by atoms with Gasteiger partial charge in [-0.15, -0.1) is 0 Å². The lowest BCUT2D eigenvalue weighted by molar-refractivity contribution is 0.228. The van der Waals surface area contributed by atoms with E-state index in [-0.39, 0.29) is 0 Å². The first kappa shape index (κ1) is 13.3. The maximum absolute atomic E-state index is 3.55. The molecule has 0 aromatic rings. The lowest BCUT2D eigenvalue weighted by Crippen LogP contribution is -2.44. The van der Waals surface area contributed by atoms with Crippen LogP contribution < -0.4 is 10.6 Å². The van der Waals surface area contributed by atoms with Gasteiger partial charge in [0.05, 0.1) is 0 Å². The van der Waals surface area contributed by atoms with Gasteiger partial charge in [0.25, 0.3) is 0 Å². The van der Waals surface area contributed by atoms with Crippen molar-refractivity contribution in [3.05, 3.63) is 0 Å². The van der Waals surface area contributed by atoms with Crippen LogP contribution in [0.15, 0.2) is 0 Å². The third-order valence-electron chi connectivity index (χ3n) is 4.54. The molecule has 100 valence electrons. The number of piperazine rings is 1. The predicted molar refractivity (Wildman–Crippen MR) is 73.3 cm³/mol. The van der Waals surface area contributed by atoms with Crippen LogP contribution in [0.25, 0.3) is 0 Å². The van der Waals surface area contributed by atoms with Crippen molar-refractivity contribution < 1.29 is 0 Å². The van der Waals surface area contributed by atoms with Crippen LogP contribution in [0.1, 0.15) is 38.5 Å². The van der Waals surface area contributed by atoms with E-state index in [4.69, 9.17) is 0 Å². The van der Waals surface area contributed by atoms with Crippen LogP contribution in [0, 0.1) is 5.92 Å². The first-order valence-electron chi connectivity index (χ1n) is 7.50. The number of rotatable bonds is 6. The van der Waals surface area contributed by atoms with Gasteiger partial charge in [0.15, 0.2) is 0 Å². The highest BCUT2D eigenvalue weighted by Gasteiger charge is 2.23. The van der Waals surface area contributed by atoms with Crippen molar-refractivity contribution in [3.8, 4) is 0 Å². The average Bonchev–Trinajstić information content (AvgIpc) is 2.90. The van der Waals surface area contributed by atoms with Crippen LogP contribution in [-0.4, -0.2) is 50.7 Å². The fourth-order valence-electron chi connectivity index (χ4n) is 3.45. The fourth-order valence-corrected chi connectivity index (χ4v) is 3.45. The van der Waals surface area contributed by atoms with Gasteiger partial charge >= 0.3 is 0 Å². The van der Waals surface area contributed by atoms with Crippen LogP contribution in [0.4, 0.5) is 0 Å². The number of nitrogens with one attached hydrogen (secondary N) is 2. The molecule has 3 heteroatoms. The van der Waals surface area contributed by atoms with Gasteiger partial charge in [0.2, 0.25) is 0 Å². The number of hydrogen-bond donors (Lipinski definition) is 2. The highest BCUT2D eigenvalue weighted by molar-refractivity contribution is 4.80. The second kappa shape index (κ2) is 7.34. The van der Waals surface area contributed by atoms with E-state index in [1.165, 1.54) is 71.2 Å². The van der Waals surface area contributed by atoms with Gasteiger partial charge in [-0.05, 0) is 45.2 Å². The monoisotopic (exact) mass is 239 g/mol. The molecule has 0 radical (unpaired) electrons. The fraction of sp³-hybridized carbons (Fsp3) is 1.00. The average molecular weight is 239 g/mol. The van der Waals surface area contributed by atoms with Crippen molar-refractivity contribution in [2.24, 2.45) is 5.92 Å². The molecule has 1 aliphatic carbocycles. The normalized spacial score (nSPS) is 25.2. The molecule has 1 saturated carbocycles. The molecule has 2 rings (SSSR count). The summed E-state index contributed by atoms with van der Waals surface area (Å²) in [5.41, 5.74) is 0. The molecule has 1 aliphatic heterocycles. The van der Waals surface area contributed by atoms with Crippen LogP contribution >= 0.6 is 0 Å². The third kappa shape index (κ3) is 4.23. The predicted octanol–water partition coefficient (Wildman–Crippen LogP) is 1.45. The van der Waals surface area contributed by atoms with Gasteiger partial charge in [0.1, 0.15) is 0 Å². The second-order valence-electron chi connectivity index (χ2n) is 5.67. The molecule has 1 atom stereocenters. The van der Waals surface area contributed by atoms with Crippen LogP contribution in [0.5, 0.6) is 0 Å². The maximum Gasteiger partial charge on any atom is 0.0107 e. The summed E-state index contributed by atoms with van der Waals surface area (Å²) in [7, 11) is 2.15. The Morgan fingerprint density at radius 1 is 1.24 bits per heavy atom. The minimum atomic E-state index is 0.778. The standard InChI is InChI=1S/C14H29N3/c1-15-14(13-5-2-3-6-13)7-4-10-17-11-8-16-9-12-17/h13-16H,2-12H2,1H3. The highest BCUT2D eigenvalue weighted by atomic mass is 15.2. The van der Waals surface area contributed by atoms with E-state index in [0.29, 0.717) is 0 Å². The lowest BCUT2D eigenvalue weighted by atomic mass is 9.94. The van der Waals surface area contributed by atoms with Crippen LogP contribution in [0.2, 0.25) is 0 Å².